The topological polar surface area (TPSA) is 9.23 Å². The highest BCUT2D eigenvalue weighted by Gasteiger charge is 2.42. The van der Waals surface area contributed by atoms with Gasteiger partial charge < -0.3 is 4.74 Å². The van der Waals surface area contributed by atoms with Crippen molar-refractivity contribution in [1.29, 1.82) is 0 Å². The van der Waals surface area contributed by atoms with Crippen LogP contribution in [-0.4, -0.2) is 12.4 Å². The number of rotatable bonds is 4. The van der Waals surface area contributed by atoms with Crippen LogP contribution < -0.4 is 4.74 Å². The molecule has 0 N–H and O–H groups in total. The first-order chi connectivity index (χ1) is 7.81. The van der Waals surface area contributed by atoms with Gasteiger partial charge in [0.1, 0.15) is 5.75 Å². The molecule has 1 aromatic carbocycles. The summed E-state index contributed by atoms with van der Waals surface area (Å²) >= 11 is 4.40. The van der Waals surface area contributed by atoms with Crippen molar-refractivity contribution in [3.8, 4) is 5.75 Å². The van der Waals surface area contributed by atoms with E-state index in [4.69, 9.17) is 4.74 Å². The molecule has 1 fully saturated rings. The summed E-state index contributed by atoms with van der Waals surface area (Å²) in [5.74, 6) is 2.01. The summed E-state index contributed by atoms with van der Waals surface area (Å²) in [5.41, 5.74) is 3.40. The smallest absolute Gasteiger partial charge is 0.119 e. The Kier molecular flexibility index (Phi) is 2.62. The second kappa shape index (κ2) is 3.99. The average Bonchev–Trinajstić information content (AvgIpc) is 2.96. The van der Waals surface area contributed by atoms with Crippen LogP contribution in [0, 0.1) is 5.41 Å². The van der Waals surface area contributed by atoms with Crippen LogP contribution in [0.5, 0.6) is 5.75 Å². The number of aryl methyl sites for hydroxylation is 2. The molecule has 16 heavy (non-hydrogen) atoms. The zero-order valence-corrected chi connectivity index (χ0v) is 10.4. The molecule has 2 heteroatoms. The van der Waals surface area contributed by atoms with Crippen molar-refractivity contribution >= 4 is 12.6 Å². The van der Waals surface area contributed by atoms with Crippen molar-refractivity contribution in [1.82, 2.24) is 0 Å². The van der Waals surface area contributed by atoms with Crippen molar-refractivity contribution in [2.45, 2.75) is 32.1 Å². The fourth-order valence-corrected chi connectivity index (χ4v) is 2.81. The molecule has 1 nitrogen and oxygen atoms in total. The molecule has 0 heterocycles. The van der Waals surface area contributed by atoms with Crippen LogP contribution in [0.15, 0.2) is 18.2 Å². The van der Waals surface area contributed by atoms with Crippen molar-refractivity contribution in [2.75, 3.05) is 12.4 Å². The third kappa shape index (κ3) is 1.95. The normalized spacial score (nSPS) is 20.6. The van der Waals surface area contributed by atoms with Crippen LogP contribution in [0.1, 0.15) is 30.4 Å². The van der Waals surface area contributed by atoms with E-state index in [1.165, 1.54) is 43.2 Å². The van der Waals surface area contributed by atoms with Crippen LogP contribution in [0.2, 0.25) is 0 Å². The Morgan fingerprint density at radius 1 is 1.19 bits per heavy atom. The first kappa shape index (κ1) is 10.5. The third-order valence-corrected chi connectivity index (χ3v) is 4.58. The summed E-state index contributed by atoms with van der Waals surface area (Å²) in [4.78, 5) is 0. The molecule has 0 unspecified atom stereocenters. The third-order valence-electron chi connectivity index (χ3n) is 3.91. The molecular formula is C14H18OS. The highest BCUT2D eigenvalue weighted by atomic mass is 32.1. The molecule has 1 aromatic rings. The van der Waals surface area contributed by atoms with Crippen LogP contribution in [-0.2, 0) is 12.8 Å². The number of benzene rings is 1. The van der Waals surface area contributed by atoms with E-state index in [0.717, 1.165) is 18.1 Å². The largest absolute Gasteiger partial charge is 0.493 e. The maximum atomic E-state index is 5.90. The van der Waals surface area contributed by atoms with E-state index in [1.807, 2.05) is 0 Å². The van der Waals surface area contributed by atoms with Crippen LogP contribution in [0.25, 0.3) is 0 Å². The number of fused-ring (bicyclic) bond motifs is 1. The van der Waals surface area contributed by atoms with Crippen molar-refractivity contribution in [3.63, 3.8) is 0 Å². The standard InChI is InChI=1S/C14H18OS/c16-10-14(6-7-14)9-15-13-5-4-11-2-1-3-12(11)8-13/h4-5,8,16H,1-3,6-7,9-10H2. The molecule has 0 bridgehead atoms. The molecule has 2 aliphatic carbocycles. The van der Waals surface area contributed by atoms with Gasteiger partial charge in [0.25, 0.3) is 0 Å². The number of thiol groups is 1. The lowest BCUT2D eigenvalue weighted by Gasteiger charge is -2.14. The Morgan fingerprint density at radius 3 is 2.75 bits per heavy atom. The van der Waals surface area contributed by atoms with Gasteiger partial charge in [0.05, 0.1) is 6.61 Å². The molecule has 0 amide bonds. The predicted octanol–water partition coefficient (Wildman–Crippen LogP) is 3.26. The Hall–Kier alpha value is -0.630. The maximum Gasteiger partial charge on any atom is 0.119 e. The molecule has 0 radical (unpaired) electrons. The molecule has 0 spiro atoms. The fraction of sp³-hybridized carbons (Fsp3) is 0.571. The van der Waals surface area contributed by atoms with Gasteiger partial charge in [0, 0.05) is 5.41 Å². The van der Waals surface area contributed by atoms with E-state index in [9.17, 15) is 0 Å². The maximum absolute atomic E-state index is 5.90. The monoisotopic (exact) mass is 234 g/mol. The Balaban J connectivity index is 1.66. The Bertz CT molecular complexity index is 396. The minimum Gasteiger partial charge on any atom is -0.493 e. The van der Waals surface area contributed by atoms with Crippen LogP contribution >= 0.6 is 12.6 Å². The van der Waals surface area contributed by atoms with Gasteiger partial charge in [-0.15, -0.1) is 0 Å². The van der Waals surface area contributed by atoms with E-state index in [0.29, 0.717) is 5.41 Å². The second-order valence-electron chi connectivity index (χ2n) is 5.23. The van der Waals surface area contributed by atoms with E-state index < -0.39 is 0 Å². The van der Waals surface area contributed by atoms with Crippen LogP contribution in [0.4, 0.5) is 0 Å². The highest BCUT2D eigenvalue weighted by Crippen LogP contribution is 2.46. The first-order valence-corrected chi connectivity index (χ1v) is 6.80. The minimum atomic E-state index is 0.391. The number of ether oxygens (including phenoxy) is 1. The summed E-state index contributed by atoms with van der Waals surface area (Å²) in [7, 11) is 0. The second-order valence-corrected chi connectivity index (χ2v) is 5.55. The molecular weight excluding hydrogens is 216 g/mol. The zero-order valence-electron chi connectivity index (χ0n) is 9.54. The van der Waals surface area contributed by atoms with E-state index >= 15 is 0 Å². The molecule has 0 aliphatic heterocycles. The lowest BCUT2D eigenvalue weighted by molar-refractivity contribution is 0.250. The van der Waals surface area contributed by atoms with Gasteiger partial charge in [-0.2, -0.15) is 12.6 Å². The molecule has 0 saturated heterocycles. The molecule has 86 valence electrons. The summed E-state index contributed by atoms with van der Waals surface area (Å²) in [6, 6.07) is 6.59. The predicted molar refractivity (Wildman–Crippen MR) is 69.5 cm³/mol. The van der Waals surface area contributed by atoms with Crippen LogP contribution in [0.3, 0.4) is 0 Å². The Morgan fingerprint density at radius 2 is 2.00 bits per heavy atom. The summed E-state index contributed by atoms with van der Waals surface area (Å²) < 4.78 is 5.90. The molecule has 0 atom stereocenters. The zero-order chi connectivity index (χ0) is 11.0. The molecule has 0 aromatic heterocycles. The van der Waals surface area contributed by atoms with E-state index in [2.05, 4.69) is 30.8 Å². The van der Waals surface area contributed by atoms with Gasteiger partial charge in [0.15, 0.2) is 0 Å². The molecule has 3 rings (SSSR count). The molecule has 2 aliphatic rings. The summed E-state index contributed by atoms with van der Waals surface area (Å²) in [5, 5.41) is 0. The molecule has 1 saturated carbocycles. The first-order valence-electron chi connectivity index (χ1n) is 6.17. The quantitative estimate of drug-likeness (QED) is 0.787. The highest BCUT2D eigenvalue weighted by molar-refractivity contribution is 7.80. The SMILES string of the molecule is SCC1(COc2ccc3c(c2)CCC3)CC1. The number of hydrogen-bond donors (Lipinski definition) is 1. The Labute approximate surface area is 103 Å². The van der Waals surface area contributed by atoms with E-state index in [1.54, 1.807) is 0 Å². The van der Waals surface area contributed by atoms with Gasteiger partial charge in [-0.05, 0) is 61.1 Å². The summed E-state index contributed by atoms with van der Waals surface area (Å²) in [6.45, 7) is 0.843. The van der Waals surface area contributed by atoms with Gasteiger partial charge in [-0.3, -0.25) is 0 Å². The van der Waals surface area contributed by atoms with Crippen molar-refractivity contribution in [2.24, 2.45) is 5.41 Å². The van der Waals surface area contributed by atoms with Gasteiger partial charge >= 0.3 is 0 Å². The van der Waals surface area contributed by atoms with Gasteiger partial charge in [-0.1, -0.05) is 6.07 Å². The summed E-state index contributed by atoms with van der Waals surface area (Å²) in [6.07, 6.45) is 6.34. The van der Waals surface area contributed by atoms with E-state index in [-0.39, 0.29) is 0 Å². The lowest BCUT2D eigenvalue weighted by Crippen LogP contribution is -2.14. The lowest BCUT2D eigenvalue weighted by atomic mass is 10.1. The van der Waals surface area contributed by atoms with Gasteiger partial charge in [-0.25, -0.2) is 0 Å². The van der Waals surface area contributed by atoms with Gasteiger partial charge in [0.2, 0.25) is 0 Å². The number of hydrogen-bond acceptors (Lipinski definition) is 2. The van der Waals surface area contributed by atoms with Crippen molar-refractivity contribution < 1.29 is 4.74 Å². The minimum absolute atomic E-state index is 0.391. The fourth-order valence-electron chi connectivity index (χ4n) is 2.40. The van der Waals surface area contributed by atoms with Crippen molar-refractivity contribution in [3.05, 3.63) is 29.3 Å². The average molecular weight is 234 g/mol.